The number of hydrogen-bond donors (Lipinski definition) is 1. The number of allylic oxidation sites excluding steroid dienone is 4. The first kappa shape index (κ1) is 21.3. The Morgan fingerprint density at radius 1 is 1.16 bits per heavy atom. The summed E-state index contributed by atoms with van der Waals surface area (Å²) in [7, 11) is 0. The van der Waals surface area contributed by atoms with Crippen LogP contribution in [-0.4, -0.2) is 31.0 Å². The Labute approximate surface area is 180 Å². The fourth-order valence-electron chi connectivity index (χ4n) is 4.09. The van der Waals surface area contributed by atoms with E-state index in [1.54, 1.807) is 18.2 Å². The second kappa shape index (κ2) is 8.30. The molecule has 1 aromatic rings. The van der Waals surface area contributed by atoms with E-state index >= 15 is 0 Å². The van der Waals surface area contributed by atoms with Crippen molar-refractivity contribution in [1.82, 2.24) is 5.32 Å². The van der Waals surface area contributed by atoms with Crippen molar-refractivity contribution in [3.8, 4) is 11.5 Å². The molecule has 1 saturated carbocycles. The number of halogens is 2. The molecule has 0 bridgehead atoms. The van der Waals surface area contributed by atoms with Crippen LogP contribution in [0.4, 0.5) is 8.78 Å². The van der Waals surface area contributed by atoms with E-state index in [0.29, 0.717) is 37.9 Å². The largest absolute Gasteiger partial charge is 0.586 e. The lowest BCUT2D eigenvalue weighted by atomic mass is 9.92. The number of carbonyl (C=O) groups is 1. The van der Waals surface area contributed by atoms with Gasteiger partial charge in [-0.2, -0.15) is 0 Å². The Balaban J connectivity index is 1.45. The maximum Gasteiger partial charge on any atom is 0.586 e. The Kier molecular flexibility index (Phi) is 5.71. The summed E-state index contributed by atoms with van der Waals surface area (Å²) < 4.78 is 41.6. The van der Waals surface area contributed by atoms with Crippen molar-refractivity contribution >= 4 is 5.91 Å². The Hall–Kier alpha value is -2.93. The fourth-order valence-corrected chi connectivity index (χ4v) is 4.09. The molecule has 4 rings (SSSR count). The highest BCUT2D eigenvalue weighted by Crippen LogP contribution is 2.52. The molecule has 31 heavy (non-hydrogen) atoms. The summed E-state index contributed by atoms with van der Waals surface area (Å²) in [5.41, 5.74) is 0.911. The summed E-state index contributed by atoms with van der Waals surface area (Å²) >= 11 is 0. The lowest BCUT2D eigenvalue weighted by Crippen LogP contribution is -2.46. The summed E-state index contributed by atoms with van der Waals surface area (Å²) in [5, 5.41) is 3.15. The molecule has 1 aromatic carbocycles. The van der Waals surface area contributed by atoms with E-state index in [9.17, 15) is 13.6 Å². The third-order valence-corrected chi connectivity index (χ3v) is 5.86. The number of fused-ring (bicyclic) bond motifs is 1. The van der Waals surface area contributed by atoms with Crippen molar-refractivity contribution in [2.45, 2.75) is 49.5 Å². The topological polar surface area (TPSA) is 56.8 Å². The molecule has 0 radical (unpaired) electrons. The van der Waals surface area contributed by atoms with Gasteiger partial charge in [0, 0.05) is 12.6 Å². The van der Waals surface area contributed by atoms with E-state index < -0.39 is 11.7 Å². The van der Waals surface area contributed by atoms with Crippen LogP contribution in [0.3, 0.4) is 0 Å². The van der Waals surface area contributed by atoms with E-state index in [1.807, 2.05) is 18.2 Å². The second-order valence-corrected chi connectivity index (χ2v) is 7.96. The van der Waals surface area contributed by atoms with Crippen LogP contribution in [0.5, 0.6) is 11.5 Å². The van der Waals surface area contributed by atoms with Crippen LogP contribution < -0.4 is 14.8 Å². The highest BCUT2D eigenvalue weighted by molar-refractivity contribution is 5.91. The molecule has 0 unspecified atom stereocenters. The molecule has 0 spiro atoms. The molecule has 2 fully saturated rings. The van der Waals surface area contributed by atoms with E-state index in [1.165, 1.54) is 12.1 Å². The van der Waals surface area contributed by atoms with E-state index in [2.05, 4.69) is 27.9 Å². The summed E-state index contributed by atoms with van der Waals surface area (Å²) in [4.78, 5) is 13.2. The molecule has 1 N–H and O–H groups in total. The highest BCUT2D eigenvalue weighted by atomic mass is 19.3. The summed E-state index contributed by atoms with van der Waals surface area (Å²) in [6.45, 7) is 7.97. The smallest absolute Gasteiger partial charge is 0.395 e. The molecular formula is C24H25F2NO4. The van der Waals surface area contributed by atoms with Gasteiger partial charge in [-0.3, -0.25) is 4.79 Å². The van der Waals surface area contributed by atoms with E-state index in [0.717, 1.165) is 5.57 Å². The predicted octanol–water partition coefficient (Wildman–Crippen LogP) is 4.56. The number of carbonyl (C=O) groups excluding carboxylic acids is 1. The van der Waals surface area contributed by atoms with Crippen molar-refractivity contribution in [3.63, 3.8) is 0 Å². The maximum atomic E-state index is 13.3. The van der Waals surface area contributed by atoms with Crippen LogP contribution in [0.2, 0.25) is 0 Å². The molecular weight excluding hydrogens is 404 g/mol. The third kappa shape index (κ3) is 4.42. The molecule has 1 amide bonds. The number of nitrogens with one attached hydrogen (secondary N) is 1. The second-order valence-electron chi connectivity index (χ2n) is 7.96. The summed E-state index contributed by atoms with van der Waals surface area (Å²) in [6, 6.07) is 4.53. The summed E-state index contributed by atoms with van der Waals surface area (Å²) in [6.07, 6.45) is 7.88. The number of amides is 1. The van der Waals surface area contributed by atoms with Crippen LogP contribution in [-0.2, 0) is 14.9 Å². The monoisotopic (exact) mass is 429 g/mol. The standard InChI is InChI=1S/C24H25F2NO4/c1-3-5-7-16(6-4-2)20-15-18(10-13-29-20)27-22(28)23(11-12-23)17-8-9-19-21(14-17)31-24(25,26)30-19/h3-9,14,18,20H,1-2,10-13,15H2,(H,27,28)/b7-5-,16-6+/t18-,20-/m0/s1. The normalized spacial score (nSPS) is 25.8. The fraction of sp³-hybridized carbons (Fsp3) is 0.375. The molecule has 1 aliphatic carbocycles. The Bertz CT molecular complexity index is 949. The third-order valence-electron chi connectivity index (χ3n) is 5.86. The molecule has 3 aliphatic rings. The molecule has 2 atom stereocenters. The molecule has 2 heterocycles. The van der Waals surface area contributed by atoms with Gasteiger partial charge < -0.3 is 19.5 Å². The van der Waals surface area contributed by atoms with Crippen LogP contribution in [0.15, 0.2) is 67.3 Å². The van der Waals surface area contributed by atoms with E-state index in [-0.39, 0.29) is 29.6 Å². The first-order valence-electron chi connectivity index (χ1n) is 10.3. The molecule has 164 valence electrons. The number of rotatable bonds is 7. The van der Waals surface area contributed by atoms with Gasteiger partial charge in [-0.25, -0.2) is 0 Å². The zero-order valence-corrected chi connectivity index (χ0v) is 17.1. The van der Waals surface area contributed by atoms with Gasteiger partial charge in [0.2, 0.25) is 5.91 Å². The number of benzene rings is 1. The van der Waals surface area contributed by atoms with Crippen LogP contribution in [0, 0.1) is 0 Å². The number of hydrogen-bond acceptors (Lipinski definition) is 4. The van der Waals surface area contributed by atoms with Gasteiger partial charge in [-0.05, 0) is 49.0 Å². The van der Waals surface area contributed by atoms with Crippen molar-refractivity contribution in [1.29, 1.82) is 0 Å². The van der Waals surface area contributed by atoms with Gasteiger partial charge >= 0.3 is 6.29 Å². The van der Waals surface area contributed by atoms with Crippen molar-refractivity contribution in [2.75, 3.05) is 6.61 Å². The van der Waals surface area contributed by atoms with Gasteiger partial charge in [0.25, 0.3) is 0 Å². The average Bonchev–Trinajstić information content (AvgIpc) is 3.48. The number of alkyl halides is 2. The maximum absolute atomic E-state index is 13.3. The van der Waals surface area contributed by atoms with Gasteiger partial charge in [-0.1, -0.05) is 49.6 Å². The minimum atomic E-state index is -3.67. The zero-order chi connectivity index (χ0) is 22.1. The Morgan fingerprint density at radius 2 is 1.94 bits per heavy atom. The molecule has 7 heteroatoms. The molecule has 5 nitrogen and oxygen atoms in total. The van der Waals surface area contributed by atoms with Crippen molar-refractivity contribution < 1.29 is 27.8 Å². The van der Waals surface area contributed by atoms with Crippen molar-refractivity contribution in [3.05, 3.63) is 72.9 Å². The minimum absolute atomic E-state index is 0.0219. The summed E-state index contributed by atoms with van der Waals surface area (Å²) in [5.74, 6) is -0.160. The first-order valence-corrected chi connectivity index (χ1v) is 10.3. The van der Waals surface area contributed by atoms with Crippen LogP contribution >= 0.6 is 0 Å². The quantitative estimate of drug-likeness (QED) is 0.646. The van der Waals surface area contributed by atoms with Gasteiger partial charge in [0.05, 0.1) is 11.5 Å². The van der Waals surface area contributed by atoms with Gasteiger partial charge in [-0.15, -0.1) is 8.78 Å². The van der Waals surface area contributed by atoms with Gasteiger partial charge in [0.1, 0.15) is 0 Å². The van der Waals surface area contributed by atoms with Crippen LogP contribution in [0.25, 0.3) is 0 Å². The lowest BCUT2D eigenvalue weighted by molar-refractivity contribution is -0.286. The van der Waals surface area contributed by atoms with E-state index in [4.69, 9.17) is 4.74 Å². The SMILES string of the molecule is C=C/C=C\C(=C/C=C)[C@@H]1C[C@@H](NC(=O)C2(c3ccc4c(c3)OC(F)(F)O4)CC2)CCO1. The zero-order valence-electron chi connectivity index (χ0n) is 17.1. The molecule has 1 saturated heterocycles. The first-order chi connectivity index (χ1) is 14.9. The van der Waals surface area contributed by atoms with Crippen molar-refractivity contribution in [2.24, 2.45) is 0 Å². The van der Waals surface area contributed by atoms with Gasteiger partial charge in [0.15, 0.2) is 11.5 Å². The number of ether oxygens (including phenoxy) is 3. The highest BCUT2D eigenvalue weighted by Gasteiger charge is 2.53. The Morgan fingerprint density at radius 3 is 2.65 bits per heavy atom. The minimum Gasteiger partial charge on any atom is -0.395 e. The molecule has 0 aromatic heterocycles. The lowest BCUT2D eigenvalue weighted by Gasteiger charge is -2.32. The predicted molar refractivity (Wildman–Crippen MR) is 112 cm³/mol. The average molecular weight is 429 g/mol. The van der Waals surface area contributed by atoms with Crippen LogP contribution in [0.1, 0.15) is 31.2 Å². The molecule has 2 aliphatic heterocycles.